The van der Waals surface area contributed by atoms with Crippen molar-refractivity contribution in [3.63, 3.8) is 0 Å². The van der Waals surface area contributed by atoms with Crippen molar-refractivity contribution in [3.8, 4) is 34.0 Å². The minimum Gasteiger partial charge on any atom is -0.452 e. The van der Waals surface area contributed by atoms with E-state index in [1.165, 1.54) is 0 Å². The first-order chi connectivity index (χ1) is 19.8. The second-order valence-corrected chi connectivity index (χ2v) is 9.88. The molecule has 0 unspecified atom stereocenters. The van der Waals surface area contributed by atoms with Crippen LogP contribution in [0, 0.1) is 0 Å². The van der Waals surface area contributed by atoms with E-state index in [4.69, 9.17) is 14.7 Å². The van der Waals surface area contributed by atoms with Gasteiger partial charge in [0.2, 0.25) is 5.95 Å². The van der Waals surface area contributed by atoms with Gasteiger partial charge < -0.3 is 4.74 Å². The van der Waals surface area contributed by atoms with Crippen LogP contribution in [-0.2, 0) is 0 Å². The molecule has 0 aliphatic carbocycles. The monoisotopic (exact) mass is 513 g/mol. The summed E-state index contributed by atoms with van der Waals surface area (Å²) in [4.78, 5) is 12.6. The van der Waals surface area contributed by atoms with Crippen LogP contribution in [0.2, 0.25) is 0 Å². The molecule has 0 amide bonds. The van der Waals surface area contributed by atoms with Gasteiger partial charge in [0, 0.05) is 21.9 Å². The number of fused-ring (bicyclic) bond motifs is 6. The fourth-order valence-electron chi connectivity index (χ4n) is 5.55. The molecule has 0 saturated carbocycles. The van der Waals surface area contributed by atoms with Crippen LogP contribution in [0.5, 0.6) is 11.5 Å². The van der Waals surface area contributed by atoms with E-state index < -0.39 is 0 Å². The summed E-state index contributed by atoms with van der Waals surface area (Å²) in [6.07, 6.45) is 0. The summed E-state index contributed by atoms with van der Waals surface area (Å²) >= 11 is 0. The van der Waals surface area contributed by atoms with Gasteiger partial charge >= 0.3 is 0 Å². The third-order valence-electron chi connectivity index (χ3n) is 7.45. The summed E-state index contributed by atoms with van der Waals surface area (Å²) in [7, 11) is 0. The van der Waals surface area contributed by atoms with Crippen LogP contribution in [-0.4, -0.2) is 9.97 Å². The van der Waals surface area contributed by atoms with Gasteiger partial charge in [-0.2, -0.15) is 0 Å². The molecule has 0 N–H and O–H groups in total. The lowest BCUT2D eigenvalue weighted by Crippen LogP contribution is -2.19. The average Bonchev–Trinajstić information content (AvgIpc) is 3.04. The van der Waals surface area contributed by atoms with E-state index in [0.717, 1.165) is 66.9 Å². The van der Waals surface area contributed by atoms with Crippen molar-refractivity contribution in [2.24, 2.45) is 0 Å². The highest BCUT2D eigenvalue weighted by Gasteiger charge is 2.31. The number of aromatic nitrogens is 2. The van der Waals surface area contributed by atoms with E-state index in [0.29, 0.717) is 5.95 Å². The minimum atomic E-state index is 0.595. The smallest absolute Gasteiger partial charge is 0.236 e. The summed E-state index contributed by atoms with van der Waals surface area (Å²) in [6.45, 7) is 0. The molecule has 4 nitrogen and oxygen atoms in total. The molecule has 0 bridgehead atoms. The zero-order valence-electron chi connectivity index (χ0n) is 21.5. The van der Waals surface area contributed by atoms with Crippen molar-refractivity contribution in [1.82, 2.24) is 9.97 Å². The Labute approximate surface area is 231 Å². The van der Waals surface area contributed by atoms with Crippen LogP contribution >= 0.6 is 0 Å². The van der Waals surface area contributed by atoms with Crippen molar-refractivity contribution in [2.45, 2.75) is 0 Å². The number of nitrogens with zero attached hydrogens (tertiary/aromatic N) is 3. The first-order valence-corrected chi connectivity index (χ1v) is 13.3. The fourth-order valence-corrected chi connectivity index (χ4v) is 5.55. The molecule has 0 radical (unpaired) electrons. The third-order valence-corrected chi connectivity index (χ3v) is 7.45. The van der Waals surface area contributed by atoms with E-state index in [1.54, 1.807) is 0 Å². The minimum absolute atomic E-state index is 0.595. The molecule has 188 valence electrons. The molecular formula is C36H23N3O. The first-order valence-electron chi connectivity index (χ1n) is 13.3. The van der Waals surface area contributed by atoms with Gasteiger partial charge in [0.25, 0.3) is 0 Å². The Kier molecular flexibility index (Phi) is 5.10. The Hall–Kier alpha value is -5.48. The number of ether oxygens (including phenoxy) is 1. The number of anilines is 3. The lowest BCUT2D eigenvalue weighted by Gasteiger charge is -2.33. The van der Waals surface area contributed by atoms with Crippen molar-refractivity contribution < 1.29 is 4.74 Å². The summed E-state index contributed by atoms with van der Waals surface area (Å²) < 4.78 is 6.68. The standard InChI is InChI=1S/C36H23N3O/c1-3-13-26(14-4-1)30-23-31(27-15-5-2-6-16-27)38-36(37-30)39-32-21-19-25-12-8-10-18-29(25)35(32)40-33-22-20-24-11-7-9-17-28(24)34(33)39/h1-23H. The lowest BCUT2D eigenvalue weighted by molar-refractivity contribution is 0.483. The normalized spacial score (nSPS) is 12.2. The van der Waals surface area contributed by atoms with Crippen LogP contribution in [0.4, 0.5) is 17.3 Å². The van der Waals surface area contributed by atoms with Crippen molar-refractivity contribution in [3.05, 3.63) is 140 Å². The molecule has 1 aliphatic heterocycles. The number of rotatable bonds is 3. The Bertz CT molecular complexity index is 1980. The third kappa shape index (κ3) is 3.62. The predicted molar refractivity (Wildman–Crippen MR) is 163 cm³/mol. The first kappa shape index (κ1) is 22.5. The predicted octanol–water partition coefficient (Wildman–Crippen LogP) is 9.69. The van der Waals surface area contributed by atoms with Gasteiger partial charge in [0.1, 0.15) is 0 Å². The number of hydrogen-bond acceptors (Lipinski definition) is 4. The van der Waals surface area contributed by atoms with Gasteiger partial charge in [-0.15, -0.1) is 0 Å². The molecule has 0 atom stereocenters. The Morgan fingerprint density at radius 1 is 0.500 bits per heavy atom. The quantitative estimate of drug-likeness (QED) is 0.236. The van der Waals surface area contributed by atoms with Gasteiger partial charge in [0.15, 0.2) is 11.5 Å². The Balaban J connectivity index is 1.46. The topological polar surface area (TPSA) is 38.2 Å². The molecular weight excluding hydrogens is 490 g/mol. The second kappa shape index (κ2) is 9.07. The molecule has 0 fully saturated rings. The van der Waals surface area contributed by atoms with E-state index in [1.807, 2.05) is 42.5 Å². The van der Waals surface area contributed by atoms with Gasteiger partial charge in [-0.25, -0.2) is 9.97 Å². The van der Waals surface area contributed by atoms with E-state index in [-0.39, 0.29) is 0 Å². The van der Waals surface area contributed by atoms with Crippen LogP contribution < -0.4 is 9.64 Å². The number of benzene rings is 6. The molecule has 7 aromatic rings. The van der Waals surface area contributed by atoms with E-state index in [2.05, 4.69) is 102 Å². The Morgan fingerprint density at radius 2 is 1.05 bits per heavy atom. The second-order valence-electron chi connectivity index (χ2n) is 9.88. The molecule has 0 saturated heterocycles. The highest BCUT2D eigenvalue weighted by molar-refractivity contribution is 6.06. The molecule has 8 rings (SSSR count). The van der Waals surface area contributed by atoms with E-state index in [9.17, 15) is 0 Å². The summed E-state index contributed by atoms with van der Waals surface area (Å²) in [5, 5.41) is 4.37. The maximum atomic E-state index is 6.68. The zero-order valence-corrected chi connectivity index (χ0v) is 21.5. The van der Waals surface area contributed by atoms with Crippen LogP contribution in [0.15, 0.2) is 140 Å². The molecule has 1 aliphatic rings. The molecule has 40 heavy (non-hydrogen) atoms. The molecule has 6 aromatic carbocycles. The fraction of sp³-hybridized carbons (Fsp3) is 0. The average molecular weight is 514 g/mol. The van der Waals surface area contributed by atoms with E-state index >= 15 is 0 Å². The van der Waals surface area contributed by atoms with Crippen LogP contribution in [0.25, 0.3) is 44.1 Å². The van der Waals surface area contributed by atoms with Crippen molar-refractivity contribution >= 4 is 38.9 Å². The largest absolute Gasteiger partial charge is 0.452 e. The molecule has 2 heterocycles. The highest BCUT2D eigenvalue weighted by atomic mass is 16.5. The molecule has 0 spiro atoms. The number of hydrogen-bond donors (Lipinski definition) is 0. The van der Waals surface area contributed by atoms with Gasteiger partial charge in [0.05, 0.1) is 22.8 Å². The van der Waals surface area contributed by atoms with Gasteiger partial charge in [-0.1, -0.05) is 121 Å². The molecule has 4 heteroatoms. The van der Waals surface area contributed by atoms with Gasteiger partial charge in [-0.05, 0) is 29.0 Å². The van der Waals surface area contributed by atoms with Crippen LogP contribution in [0.3, 0.4) is 0 Å². The van der Waals surface area contributed by atoms with Gasteiger partial charge in [-0.3, -0.25) is 4.90 Å². The lowest BCUT2D eigenvalue weighted by atomic mass is 10.0. The summed E-state index contributed by atoms with van der Waals surface area (Å²) in [5.41, 5.74) is 5.64. The van der Waals surface area contributed by atoms with Crippen LogP contribution in [0.1, 0.15) is 0 Å². The Morgan fingerprint density at radius 3 is 1.73 bits per heavy atom. The van der Waals surface area contributed by atoms with Crippen molar-refractivity contribution in [1.29, 1.82) is 0 Å². The zero-order chi connectivity index (χ0) is 26.5. The summed E-state index contributed by atoms with van der Waals surface area (Å²) in [5.74, 6) is 2.17. The molecule has 1 aromatic heterocycles. The maximum absolute atomic E-state index is 6.68. The highest BCUT2D eigenvalue weighted by Crippen LogP contribution is 2.54. The summed E-state index contributed by atoms with van der Waals surface area (Å²) in [6, 6.07) is 47.7. The van der Waals surface area contributed by atoms with Crippen molar-refractivity contribution in [2.75, 3.05) is 4.90 Å². The maximum Gasteiger partial charge on any atom is 0.236 e. The SMILES string of the molecule is c1ccc(-c2cc(-c3ccccc3)nc(N3c4ccc5ccccc5c4Oc4ccc5ccccc5c43)n2)cc1.